The van der Waals surface area contributed by atoms with Gasteiger partial charge in [-0.15, -0.1) is 5.10 Å². The van der Waals surface area contributed by atoms with Crippen LogP contribution in [-0.4, -0.2) is 15.2 Å². The number of anilines is 1. The molecule has 0 saturated carbocycles. The van der Waals surface area contributed by atoms with Gasteiger partial charge in [0.05, 0.1) is 11.4 Å². The first-order valence-corrected chi connectivity index (χ1v) is 5.70. The normalized spacial score (nSPS) is 10.4. The van der Waals surface area contributed by atoms with Crippen LogP contribution in [0.3, 0.4) is 0 Å². The number of nitrogens with two attached hydrogens (primary N) is 1. The van der Waals surface area contributed by atoms with Gasteiger partial charge in [0.25, 0.3) is 0 Å². The van der Waals surface area contributed by atoms with Crippen LogP contribution in [0.1, 0.15) is 22.5 Å². The van der Waals surface area contributed by atoms with Gasteiger partial charge in [-0.3, -0.25) is 0 Å². The molecule has 1 heterocycles. The largest absolute Gasteiger partial charge is 0.423 e. The van der Waals surface area contributed by atoms with Gasteiger partial charge in [-0.05, 0) is 51.0 Å². The molecule has 94 valence electrons. The second-order valence-corrected chi connectivity index (χ2v) is 4.34. The van der Waals surface area contributed by atoms with Crippen LogP contribution in [0, 0.1) is 27.7 Å². The maximum Gasteiger partial charge on any atom is 0.341 e. The molecule has 2 N–H and O–H groups in total. The number of aromatic nitrogens is 3. The van der Waals surface area contributed by atoms with E-state index >= 15 is 0 Å². The van der Waals surface area contributed by atoms with Crippen LogP contribution < -0.4 is 10.5 Å². The van der Waals surface area contributed by atoms with Crippen LogP contribution in [0.25, 0.3) is 0 Å². The van der Waals surface area contributed by atoms with E-state index in [1.165, 1.54) is 0 Å². The number of aryl methyl sites for hydroxylation is 4. The Labute approximate surface area is 106 Å². The van der Waals surface area contributed by atoms with Crippen LogP contribution in [0.4, 0.5) is 5.69 Å². The van der Waals surface area contributed by atoms with Crippen molar-refractivity contribution in [3.8, 4) is 11.8 Å². The first kappa shape index (κ1) is 12.3. The minimum atomic E-state index is 0.255. The average molecular weight is 244 g/mol. The fourth-order valence-corrected chi connectivity index (χ4v) is 1.50. The van der Waals surface area contributed by atoms with E-state index in [9.17, 15) is 0 Å². The number of benzene rings is 1. The Hall–Kier alpha value is -2.17. The van der Waals surface area contributed by atoms with E-state index < -0.39 is 0 Å². The smallest absolute Gasteiger partial charge is 0.341 e. The van der Waals surface area contributed by atoms with E-state index in [0.29, 0.717) is 5.75 Å². The summed E-state index contributed by atoms with van der Waals surface area (Å²) < 4.78 is 5.64. The second kappa shape index (κ2) is 4.60. The van der Waals surface area contributed by atoms with Gasteiger partial charge in [-0.1, -0.05) is 5.10 Å². The molecule has 0 amide bonds. The summed E-state index contributed by atoms with van der Waals surface area (Å²) in [6.07, 6.45) is 0. The van der Waals surface area contributed by atoms with E-state index in [0.717, 1.165) is 28.2 Å². The molecule has 0 saturated heterocycles. The van der Waals surface area contributed by atoms with Crippen LogP contribution in [0.15, 0.2) is 12.1 Å². The van der Waals surface area contributed by atoms with Gasteiger partial charge in [0, 0.05) is 5.69 Å². The minimum Gasteiger partial charge on any atom is -0.423 e. The lowest BCUT2D eigenvalue weighted by molar-refractivity contribution is 0.427. The first-order chi connectivity index (χ1) is 8.47. The Balaban J connectivity index is 2.34. The summed E-state index contributed by atoms with van der Waals surface area (Å²) in [5.41, 5.74) is 10.1. The number of rotatable bonds is 2. The molecule has 18 heavy (non-hydrogen) atoms. The van der Waals surface area contributed by atoms with Crippen LogP contribution >= 0.6 is 0 Å². The molecule has 0 aliphatic rings. The monoisotopic (exact) mass is 244 g/mol. The van der Waals surface area contributed by atoms with Gasteiger partial charge in [-0.2, -0.15) is 4.98 Å². The van der Waals surface area contributed by atoms with Gasteiger partial charge in [0.15, 0.2) is 0 Å². The van der Waals surface area contributed by atoms with Crippen molar-refractivity contribution in [3.05, 3.63) is 34.6 Å². The number of ether oxygens (including phenoxy) is 1. The summed E-state index contributed by atoms with van der Waals surface area (Å²) in [6, 6.07) is 4.01. The zero-order valence-electron chi connectivity index (χ0n) is 11.0. The lowest BCUT2D eigenvalue weighted by atomic mass is 10.1. The Morgan fingerprint density at radius 2 is 1.67 bits per heavy atom. The molecule has 0 aliphatic carbocycles. The molecule has 1 aromatic carbocycles. The van der Waals surface area contributed by atoms with Crippen molar-refractivity contribution in [2.75, 3.05) is 5.73 Å². The molecule has 2 aromatic rings. The third-order valence-electron chi connectivity index (χ3n) is 2.84. The summed E-state index contributed by atoms with van der Waals surface area (Å²) in [6.45, 7) is 7.59. The second-order valence-electron chi connectivity index (χ2n) is 4.34. The molecule has 5 nitrogen and oxygen atoms in total. The Kier molecular flexibility index (Phi) is 3.14. The lowest BCUT2D eigenvalue weighted by Gasteiger charge is -2.10. The minimum absolute atomic E-state index is 0.255. The Bertz CT molecular complexity index is 596. The van der Waals surface area contributed by atoms with Crippen molar-refractivity contribution in [2.24, 2.45) is 0 Å². The molecule has 0 aliphatic heterocycles. The Morgan fingerprint density at radius 3 is 2.33 bits per heavy atom. The van der Waals surface area contributed by atoms with E-state index in [4.69, 9.17) is 10.5 Å². The molecule has 0 fully saturated rings. The molecule has 5 heteroatoms. The summed E-state index contributed by atoms with van der Waals surface area (Å²) >= 11 is 0. The predicted molar refractivity (Wildman–Crippen MR) is 69.7 cm³/mol. The molecule has 1 aromatic heterocycles. The maximum atomic E-state index is 5.83. The van der Waals surface area contributed by atoms with Crippen molar-refractivity contribution >= 4 is 5.69 Å². The molecule has 0 atom stereocenters. The summed E-state index contributed by atoms with van der Waals surface area (Å²) in [5.74, 6) is 0.701. The third-order valence-corrected chi connectivity index (χ3v) is 2.84. The van der Waals surface area contributed by atoms with Gasteiger partial charge >= 0.3 is 6.01 Å². The van der Waals surface area contributed by atoms with E-state index in [2.05, 4.69) is 15.2 Å². The van der Waals surface area contributed by atoms with Gasteiger partial charge in [0.1, 0.15) is 5.75 Å². The van der Waals surface area contributed by atoms with Gasteiger partial charge in [-0.25, -0.2) is 0 Å². The molecule has 0 bridgehead atoms. The van der Waals surface area contributed by atoms with Crippen molar-refractivity contribution in [3.63, 3.8) is 0 Å². The molecule has 0 spiro atoms. The van der Waals surface area contributed by atoms with Crippen molar-refractivity contribution in [1.82, 2.24) is 15.2 Å². The van der Waals surface area contributed by atoms with Crippen molar-refractivity contribution in [1.29, 1.82) is 0 Å². The predicted octanol–water partition coefficient (Wildman–Crippen LogP) is 2.48. The molecule has 0 unspecified atom stereocenters. The summed E-state index contributed by atoms with van der Waals surface area (Å²) in [4.78, 5) is 4.23. The van der Waals surface area contributed by atoms with Gasteiger partial charge < -0.3 is 10.5 Å². The summed E-state index contributed by atoms with van der Waals surface area (Å²) in [5, 5.41) is 7.90. The lowest BCUT2D eigenvalue weighted by Crippen LogP contribution is -2.01. The molecule has 0 radical (unpaired) electrons. The van der Waals surface area contributed by atoms with Crippen LogP contribution in [0.5, 0.6) is 11.8 Å². The van der Waals surface area contributed by atoms with E-state index in [1.54, 1.807) is 0 Å². The zero-order valence-corrected chi connectivity index (χ0v) is 11.0. The van der Waals surface area contributed by atoms with Crippen LogP contribution in [-0.2, 0) is 0 Å². The number of nitrogen functional groups attached to an aromatic ring is 1. The van der Waals surface area contributed by atoms with Gasteiger partial charge in [0.2, 0.25) is 0 Å². The zero-order chi connectivity index (χ0) is 13.3. The quantitative estimate of drug-likeness (QED) is 0.821. The summed E-state index contributed by atoms with van der Waals surface area (Å²) in [7, 11) is 0. The van der Waals surface area contributed by atoms with Crippen molar-refractivity contribution < 1.29 is 4.74 Å². The number of hydrogen-bond acceptors (Lipinski definition) is 5. The highest BCUT2D eigenvalue weighted by atomic mass is 16.5. The molecular weight excluding hydrogens is 228 g/mol. The fourth-order valence-electron chi connectivity index (χ4n) is 1.50. The van der Waals surface area contributed by atoms with E-state index in [1.807, 2.05) is 39.8 Å². The highest BCUT2D eigenvalue weighted by Gasteiger charge is 2.08. The average Bonchev–Trinajstić information content (AvgIpc) is 2.31. The van der Waals surface area contributed by atoms with Crippen LogP contribution in [0.2, 0.25) is 0 Å². The number of hydrogen-bond donors (Lipinski definition) is 1. The number of nitrogens with zero attached hydrogens (tertiary/aromatic N) is 3. The highest BCUT2D eigenvalue weighted by Crippen LogP contribution is 2.27. The first-order valence-electron chi connectivity index (χ1n) is 5.70. The van der Waals surface area contributed by atoms with E-state index in [-0.39, 0.29) is 6.01 Å². The highest BCUT2D eigenvalue weighted by molar-refractivity contribution is 5.54. The standard InChI is InChI=1S/C13H16N4O/c1-7-6-12(8(2)5-11(7)14)18-13-15-9(3)10(4)16-17-13/h5-6H,14H2,1-4H3. The maximum absolute atomic E-state index is 5.83. The SMILES string of the molecule is Cc1cc(Oc2nnc(C)c(C)n2)c(C)cc1N. The Morgan fingerprint density at radius 1 is 0.944 bits per heavy atom. The van der Waals surface area contributed by atoms with Crippen molar-refractivity contribution in [2.45, 2.75) is 27.7 Å². The molecule has 2 rings (SSSR count). The fraction of sp³-hybridized carbons (Fsp3) is 0.308. The topological polar surface area (TPSA) is 73.9 Å². The molecular formula is C13H16N4O. The third kappa shape index (κ3) is 2.40.